The van der Waals surface area contributed by atoms with E-state index in [1.807, 2.05) is 48.5 Å². The first kappa shape index (κ1) is 21.7. The largest absolute Gasteiger partial charge is 0.497 e. The molecule has 31 heavy (non-hydrogen) atoms. The normalized spacial score (nSPS) is 17.9. The van der Waals surface area contributed by atoms with Crippen molar-refractivity contribution in [2.45, 2.75) is 12.3 Å². The highest BCUT2D eigenvalue weighted by Gasteiger charge is 2.43. The molecule has 3 aromatic carbocycles. The minimum Gasteiger partial charge on any atom is -0.497 e. The summed E-state index contributed by atoms with van der Waals surface area (Å²) >= 11 is 17.9. The summed E-state index contributed by atoms with van der Waals surface area (Å²) in [5.74, 6) is 0.534. The smallest absolute Gasteiger partial charge is 0.365 e. The molecular weight excluding hydrogens is 457 g/mol. The Bertz CT molecular complexity index is 1130. The van der Waals surface area contributed by atoms with Crippen LogP contribution in [0.15, 0.2) is 71.9 Å². The van der Waals surface area contributed by atoms with Crippen LogP contribution in [0.25, 0.3) is 0 Å². The van der Waals surface area contributed by atoms with E-state index in [4.69, 9.17) is 44.4 Å². The van der Waals surface area contributed by atoms with E-state index in [1.54, 1.807) is 19.2 Å². The van der Waals surface area contributed by atoms with Crippen molar-refractivity contribution in [2.75, 3.05) is 7.11 Å². The van der Waals surface area contributed by atoms with Crippen molar-refractivity contribution in [3.05, 3.63) is 98.5 Å². The molecular formula is C24H18Cl3NO3. The SMILES string of the molecule is COc1ccc(/C(=N/OC(=O)c2ccc(Cl)c(Cl)c2)C2CC2c2ccc(Cl)cc2)cc1. The molecule has 0 N–H and O–H groups in total. The Hall–Kier alpha value is -2.53. The van der Waals surface area contributed by atoms with Gasteiger partial charge in [0, 0.05) is 10.9 Å². The third-order valence-electron chi connectivity index (χ3n) is 5.21. The van der Waals surface area contributed by atoms with Gasteiger partial charge in [0.2, 0.25) is 0 Å². The van der Waals surface area contributed by atoms with Crippen molar-refractivity contribution < 1.29 is 14.4 Å². The molecule has 1 saturated carbocycles. The highest BCUT2D eigenvalue weighted by atomic mass is 35.5. The van der Waals surface area contributed by atoms with E-state index in [0.717, 1.165) is 17.7 Å². The molecule has 4 rings (SSSR count). The number of ether oxygens (including phenoxy) is 1. The monoisotopic (exact) mass is 473 g/mol. The van der Waals surface area contributed by atoms with Gasteiger partial charge < -0.3 is 9.57 Å². The van der Waals surface area contributed by atoms with Gasteiger partial charge in [-0.3, -0.25) is 0 Å². The van der Waals surface area contributed by atoms with Gasteiger partial charge in [-0.25, -0.2) is 4.79 Å². The van der Waals surface area contributed by atoms with Crippen molar-refractivity contribution in [3.63, 3.8) is 0 Å². The van der Waals surface area contributed by atoms with E-state index in [2.05, 4.69) is 5.16 Å². The van der Waals surface area contributed by atoms with E-state index in [-0.39, 0.29) is 22.4 Å². The first-order valence-electron chi connectivity index (χ1n) is 9.60. The molecule has 0 amide bonds. The Kier molecular flexibility index (Phi) is 6.51. The average Bonchev–Trinajstić information content (AvgIpc) is 3.57. The summed E-state index contributed by atoms with van der Waals surface area (Å²) in [6.45, 7) is 0. The van der Waals surface area contributed by atoms with Crippen LogP contribution in [0.1, 0.15) is 33.8 Å². The van der Waals surface area contributed by atoms with Crippen LogP contribution in [-0.4, -0.2) is 18.8 Å². The molecule has 0 bridgehead atoms. The number of hydrogen-bond acceptors (Lipinski definition) is 4. The predicted molar refractivity (Wildman–Crippen MR) is 124 cm³/mol. The number of benzene rings is 3. The molecule has 0 heterocycles. The first-order chi connectivity index (χ1) is 15.0. The molecule has 4 nitrogen and oxygen atoms in total. The predicted octanol–water partition coefficient (Wildman–Crippen LogP) is 7.02. The molecule has 0 saturated heterocycles. The van der Waals surface area contributed by atoms with Gasteiger partial charge in [0.1, 0.15) is 5.75 Å². The van der Waals surface area contributed by atoms with Gasteiger partial charge in [0.25, 0.3) is 0 Å². The first-order valence-corrected chi connectivity index (χ1v) is 10.7. The fourth-order valence-electron chi connectivity index (χ4n) is 3.44. The van der Waals surface area contributed by atoms with Crippen LogP contribution in [0, 0.1) is 5.92 Å². The lowest BCUT2D eigenvalue weighted by atomic mass is 10.0. The van der Waals surface area contributed by atoms with Crippen LogP contribution in [-0.2, 0) is 4.84 Å². The van der Waals surface area contributed by atoms with Gasteiger partial charge >= 0.3 is 5.97 Å². The van der Waals surface area contributed by atoms with Crippen LogP contribution in [0.2, 0.25) is 15.1 Å². The lowest BCUT2D eigenvalue weighted by Gasteiger charge is -2.08. The number of rotatable bonds is 6. The Morgan fingerprint density at radius 1 is 0.903 bits per heavy atom. The number of methoxy groups -OCH3 is 1. The molecule has 3 aromatic rings. The van der Waals surface area contributed by atoms with Crippen molar-refractivity contribution >= 4 is 46.5 Å². The fourth-order valence-corrected chi connectivity index (χ4v) is 3.86. The second-order valence-electron chi connectivity index (χ2n) is 7.21. The van der Waals surface area contributed by atoms with Gasteiger partial charge in [-0.05, 0) is 78.1 Å². The summed E-state index contributed by atoms with van der Waals surface area (Å²) in [7, 11) is 1.61. The number of carbonyl (C=O) groups is 1. The average molecular weight is 475 g/mol. The minimum atomic E-state index is -0.603. The van der Waals surface area contributed by atoms with Crippen LogP contribution in [0.3, 0.4) is 0 Å². The van der Waals surface area contributed by atoms with Gasteiger partial charge in [0.15, 0.2) is 0 Å². The summed E-state index contributed by atoms with van der Waals surface area (Å²) in [6, 6.07) is 19.9. The van der Waals surface area contributed by atoms with Gasteiger partial charge in [-0.1, -0.05) is 52.1 Å². The maximum Gasteiger partial charge on any atom is 0.365 e. The standard InChI is InChI=1S/C24H18Cl3NO3/c1-30-18-9-4-15(5-10-18)23(20-13-19(20)14-2-7-17(25)8-3-14)28-31-24(29)16-6-11-21(26)22(27)12-16/h2-12,19-20H,13H2,1H3/b28-23-. The lowest BCUT2D eigenvalue weighted by molar-refractivity contribution is 0.0515. The lowest BCUT2D eigenvalue weighted by Crippen LogP contribution is -2.09. The second-order valence-corrected chi connectivity index (χ2v) is 8.46. The fraction of sp³-hybridized carbons (Fsp3) is 0.167. The molecule has 2 atom stereocenters. The molecule has 1 aliphatic carbocycles. The maximum atomic E-state index is 12.5. The summed E-state index contributed by atoms with van der Waals surface area (Å²) in [6.07, 6.45) is 0.900. The number of halogens is 3. The van der Waals surface area contributed by atoms with Gasteiger partial charge in [-0.15, -0.1) is 0 Å². The van der Waals surface area contributed by atoms with Crippen molar-refractivity contribution in [1.29, 1.82) is 0 Å². The molecule has 0 radical (unpaired) electrons. The zero-order valence-electron chi connectivity index (χ0n) is 16.5. The highest BCUT2D eigenvalue weighted by Crippen LogP contribution is 2.49. The van der Waals surface area contributed by atoms with E-state index < -0.39 is 5.97 Å². The third kappa shape index (κ3) is 5.04. The van der Waals surface area contributed by atoms with Crippen LogP contribution in [0.4, 0.5) is 0 Å². The van der Waals surface area contributed by atoms with Crippen LogP contribution >= 0.6 is 34.8 Å². The number of carbonyl (C=O) groups excluding carboxylic acids is 1. The van der Waals surface area contributed by atoms with E-state index in [1.165, 1.54) is 11.6 Å². The Morgan fingerprint density at radius 2 is 1.58 bits per heavy atom. The summed E-state index contributed by atoms with van der Waals surface area (Å²) in [4.78, 5) is 17.8. The zero-order valence-corrected chi connectivity index (χ0v) is 18.8. The molecule has 7 heteroatoms. The Balaban J connectivity index is 1.59. The second kappa shape index (κ2) is 9.31. The summed E-state index contributed by atoms with van der Waals surface area (Å²) in [5, 5.41) is 5.60. The molecule has 0 aromatic heterocycles. The molecule has 1 aliphatic rings. The summed E-state index contributed by atoms with van der Waals surface area (Å²) in [5.41, 5.74) is 3.02. The van der Waals surface area contributed by atoms with Gasteiger partial charge in [0.05, 0.1) is 28.4 Å². The molecule has 0 spiro atoms. The maximum absolute atomic E-state index is 12.5. The minimum absolute atomic E-state index is 0.121. The zero-order chi connectivity index (χ0) is 22.0. The van der Waals surface area contributed by atoms with E-state index in [0.29, 0.717) is 15.8 Å². The van der Waals surface area contributed by atoms with E-state index >= 15 is 0 Å². The van der Waals surface area contributed by atoms with Crippen molar-refractivity contribution in [1.82, 2.24) is 0 Å². The van der Waals surface area contributed by atoms with Gasteiger partial charge in [-0.2, -0.15) is 0 Å². The van der Waals surface area contributed by atoms with E-state index in [9.17, 15) is 4.79 Å². The topological polar surface area (TPSA) is 47.9 Å². The number of nitrogens with zero attached hydrogens (tertiary/aromatic N) is 1. The number of oxime groups is 1. The third-order valence-corrected chi connectivity index (χ3v) is 6.20. The Morgan fingerprint density at radius 3 is 2.23 bits per heavy atom. The molecule has 2 unspecified atom stereocenters. The van der Waals surface area contributed by atoms with Crippen molar-refractivity contribution in [3.8, 4) is 5.75 Å². The van der Waals surface area contributed by atoms with Crippen LogP contribution < -0.4 is 4.74 Å². The number of hydrogen-bond donors (Lipinski definition) is 0. The highest BCUT2D eigenvalue weighted by molar-refractivity contribution is 6.42. The van der Waals surface area contributed by atoms with Crippen molar-refractivity contribution in [2.24, 2.45) is 11.1 Å². The Labute approximate surface area is 195 Å². The molecule has 1 fully saturated rings. The molecule has 158 valence electrons. The quantitative estimate of drug-likeness (QED) is 0.219. The summed E-state index contributed by atoms with van der Waals surface area (Å²) < 4.78 is 5.24. The molecule has 0 aliphatic heterocycles. The van der Waals surface area contributed by atoms with Crippen LogP contribution in [0.5, 0.6) is 5.75 Å².